The second-order valence-corrected chi connectivity index (χ2v) is 6.75. The van der Waals surface area contributed by atoms with Gasteiger partial charge in [-0.2, -0.15) is 0 Å². The normalized spacial score (nSPS) is 10.9. The van der Waals surface area contributed by atoms with E-state index in [1.54, 1.807) is 6.07 Å². The lowest BCUT2D eigenvalue weighted by Crippen LogP contribution is -1.92. The number of benzene rings is 2. The average Bonchev–Trinajstić information content (AvgIpc) is 2.83. The summed E-state index contributed by atoms with van der Waals surface area (Å²) in [5.41, 5.74) is 4.06. The number of hydrogen-bond acceptors (Lipinski definition) is 1. The van der Waals surface area contributed by atoms with Crippen LogP contribution in [0.4, 0.5) is 0 Å². The van der Waals surface area contributed by atoms with Crippen LogP contribution in [-0.2, 0) is 6.42 Å². The van der Waals surface area contributed by atoms with Crippen LogP contribution in [0.3, 0.4) is 0 Å². The average molecular weight is 396 g/mol. The van der Waals surface area contributed by atoms with Crippen LogP contribution in [0.5, 0.6) is 0 Å². The van der Waals surface area contributed by atoms with Gasteiger partial charge < -0.3 is 4.98 Å². The van der Waals surface area contributed by atoms with Crippen molar-refractivity contribution >= 4 is 39.1 Å². The molecule has 0 saturated carbocycles. The predicted octanol–water partition coefficient (Wildman–Crippen LogP) is 6.05. The molecule has 0 spiro atoms. The van der Waals surface area contributed by atoms with Crippen LogP contribution in [-0.4, -0.2) is 9.97 Å². The minimum absolute atomic E-state index is 0.637. The molecule has 0 fully saturated rings. The first kappa shape index (κ1) is 15.6. The maximum atomic E-state index is 6.23. The lowest BCUT2D eigenvalue weighted by atomic mass is 10.1. The highest BCUT2D eigenvalue weighted by atomic mass is 79.9. The van der Waals surface area contributed by atoms with Gasteiger partial charge in [0.1, 0.15) is 5.82 Å². The number of halogens is 3. The van der Waals surface area contributed by atoms with Crippen molar-refractivity contribution in [2.75, 3.05) is 0 Å². The molecular weight excluding hydrogens is 383 g/mol. The van der Waals surface area contributed by atoms with Crippen molar-refractivity contribution in [2.24, 2.45) is 0 Å². The molecule has 3 rings (SSSR count). The highest BCUT2D eigenvalue weighted by Gasteiger charge is 2.13. The molecule has 0 aliphatic rings. The molecule has 2 aromatic carbocycles. The van der Waals surface area contributed by atoms with Gasteiger partial charge in [0.05, 0.1) is 5.69 Å². The van der Waals surface area contributed by atoms with E-state index in [9.17, 15) is 0 Å². The monoisotopic (exact) mass is 394 g/mol. The van der Waals surface area contributed by atoms with Crippen molar-refractivity contribution in [3.05, 3.63) is 74.1 Å². The Balaban J connectivity index is 1.94. The molecule has 5 heteroatoms. The fraction of sp³-hybridized carbons (Fsp3) is 0.118. The van der Waals surface area contributed by atoms with Gasteiger partial charge in [0.2, 0.25) is 0 Å². The molecular formula is C17H13BrCl2N2. The molecule has 0 bridgehead atoms. The van der Waals surface area contributed by atoms with Crippen molar-refractivity contribution in [1.82, 2.24) is 9.97 Å². The van der Waals surface area contributed by atoms with Crippen molar-refractivity contribution in [3.63, 3.8) is 0 Å². The third-order valence-electron chi connectivity index (χ3n) is 3.44. The van der Waals surface area contributed by atoms with E-state index in [0.29, 0.717) is 16.5 Å². The Bertz CT molecular complexity index is 827. The molecule has 0 radical (unpaired) electrons. The van der Waals surface area contributed by atoms with Crippen molar-refractivity contribution in [1.29, 1.82) is 0 Å². The zero-order valence-electron chi connectivity index (χ0n) is 11.8. The summed E-state index contributed by atoms with van der Waals surface area (Å²) >= 11 is 15.7. The van der Waals surface area contributed by atoms with E-state index in [4.69, 9.17) is 28.2 Å². The predicted molar refractivity (Wildman–Crippen MR) is 95.7 cm³/mol. The summed E-state index contributed by atoms with van der Waals surface area (Å²) in [5.74, 6) is 0.882. The van der Waals surface area contributed by atoms with Crippen LogP contribution in [0.25, 0.3) is 11.3 Å². The number of hydrogen-bond donors (Lipinski definition) is 1. The van der Waals surface area contributed by atoms with E-state index in [-0.39, 0.29) is 0 Å². The number of nitrogens with one attached hydrogen (secondary N) is 1. The molecule has 2 nitrogen and oxygen atoms in total. The lowest BCUT2D eigenvalue weighted by Gasteiger charge is -2.02. The highest BCUT2D eigenvalue weighted by Crippen LogP contribution is 2.30. The first-order chi connectivity index (χ1) is 10.5. The quantitative estimate of drug-likeness (QED) is 0.574. The summed E-state index contributed by atoms with van der Waals surface area (Å²) in [6, 6.07) is 13.6. The van der Waals surface area contributed by atoms with E-state index in [2.05, 4.69) is 20.9 Å². The maximum absolute atomic E-state index is 6.23. The maximum Gasteiger partial charge on any atom is 0.111 e. The molecule has 0 saturated heterocycles. The molecule has 1 aromatic heterocycles. The summed E-state index contributed by atoms with van der Waals surface area (Å²) in [6.45, 7) is 2.02. The fourth-order valence-corrected chi connectivity index (χ4v) is 3.31. The zero-order valence-corrected chi connectivity index (χ0v) is 14.9. The molecule has 1 heterocycles. The number of nitrogens with zero attached hydrogens (tertiary/aromatic N) is 1. The number of aromatic amines is 1. The molecule has 3 aromatic rings. The largest absolute Gasteiger partial charge is 0.345 e. The Kier molecular flexibility index (Phi) is 4.57. The Hall–Kier alpha value is -1.29. The lowest BCUT2D eigenvalue weighted by molar-refractivity contribution is 1.02. The standard InChI is InChI=1S/C17H13BrCl2N2/c1-10-17(13-4-2-3-5-14(13)18)22-16(21-10)8-11-6-7-12(19)9-15(11)20/h2-7,9H,8H2,1H3,(H,21,22). The number of aromatic nitrogens is 2. The summed E-state index contributed by atoms with van der Waals surface area (Å²) in [4.78, 5) is 8.06. The van der Waals surface area contributed by atoms with E-state index in [1.807, 2.05) is 43.3 Å². The second kappa shape index (κ2) is 6.45. The third-order valence-corrected chi connectivity index (χ3v) is 4.71. The second-order valence-electron chi connectivity index (χ2n) is 5.05. The van der Waals surface area contributed by atoms with Gasteiger partial charge in [-0.1, -0.05) is 63.4 Å². The van der Waals surface area contributed by atoms with Crippen LogP contribution >= 0.6 is 39.1 Å². The smallest absolute Gasteiger partial charge is 0.111 e. The van der Waals surface area contributed by atoms with Crippen molar-refractivity contribution in [2.45, 2.75) is 13.3 Å². The molecule has 0 aliphatic heterocycles. The van der Waals surface area contributed by atoms with Gasteiger partial charge >= 0.3 is 0 Å². The first-order valence-corrected chi connectivity index (χ1v) is 8.34. The number of H-pyrrole nitrogens is 1. The SMILES string of the molecule is Cc1[nH]c(Cc2ccc(Cl)cc2Cl)nc1-c1ccccc1Br. The zero-order chi connectivity index (χ0) is 15.7. The third kappa shape index (κ3) is 3.22. The van der Waals surface area contributed by atoms with E-state index in [0.717, 1.165) is 32.8 Å². The first-order valence-electron chi connectivity index (χ1n) is 6.79. The van der Waals surface area contributed by atoms with Gasteiger partial charge in [0.25, 0.3) is 0 Å². The van der Waals surface area contributed by atoms with Gasteiger partial charge in [-0.15, -0.1) is 0 Å². The van der Waals surface area contributed by atoms with E-state index >= 15 is 0 Å². The Morgan fingerprint density at radius 3 is 2.64 bits per heavy atom. The summed E-state index contributed by atoms with van der Waals surface area (Å²) in [5, 5.41) is 1.29. The summed E-state index contributed by atoms with van der Waals surface area (Å²) in [6.07, 6.45) is 0.640. The van der Waals surface area contributed by atoms with Gasteiger partial charge in [-0.05, 0) is 30.7 Å². The number of rotatable bonds is 3. The van der Waals surface area contributed by atoms with Crippen LogP contribution in [0.1, 0.15) is 17.1 Å². The molecule has 1 N–H and O–H groups in total. The molecule has 0 aliphatic carbocycles. The van der Waals surface area contributed by atoms with Gasteiger partial charge in [0.15, 0.2) is 0 Å². The molecule has 0 unspecified atom stereocenters. The number of aryl methyl sites for hydroxylation is 1. The molecule has 22 heavy (non-hydrogen) atoms. The Morgan fingerprint density at radius 1 is 1.14 bits per heavy atom. The Morgan fingerprint density at radius 2 is 1.91 bits per heavy atom. The van der Waals surface area contributed by atoms with E-state index < -0.39 is 0 Å². The minimum atomic E-state index is 0.637. The van der Waals surface area contributed by atoms with E-state index in [1.165, 1.54) is 0 Å². The van der Waals surface area contributed by atoms with Crippen LogP contribution < -0.4 is 0 Å². The molecule has 0 atom stereocenters. The fourth-order valence-electron chi connectivity index (χ4n) is 2.37. The van der Waals surface area contributed by atoms with Crippen molar-refractivity contribution in [3.8, 4) is 11.3 Å². The topological polar surface area (TPSA) is 28.7 Å². The molecule has 112 valence electrons. The summed E-state index contributed by atoms with van der Waals surface area (Å²) < 4.78 is 1.03. The minimum Gasteiger partial charge on any atom is -0.345 e. The van der Waals surface area contributed by atoms with Crippen LogP contribution in [0.15, 0.2) is 46.9 Å². The molecule has 0 amide bonds. The summed E-state index contributed by atoms with van der Waals surface area (Å²) in [7, 11) is 0. The highest BCUT2D eigenvalue weighted by molar-refractivity contribution is 9.10. The van der Waals surface area contributed by atoms with Crippen LogP contribution in [0.2, 0.25) is 10.0 Å². The van der Waals surface area contributed by atoms with Gasteiger partial charge in [-0.25, -0.2) is 4.98 Å². The van der Waals surface area contributed by atoms with Crippen LogP contribution in [0, 0.1) is 6.92 Å². The van der Waals surface area contributed by atoms with Gasteiger partial charge in [0, 0.05) is 32.2 Å². The Labute approximate surface area is 147 Å². The number of imidazole rings is 1. The van der Waals surface area contributed by atoms with Gasteiger partial charge in [-0.3, -0.25) is 0 Å². The van der Waals surface area contributed by atoms with Crippen molar-refractivity contribution < 1.29 is 0 Å².